The van der Waals surface area contributed by atoms with Crippen molar-refractivity contribution in [2.45, 2.75) is 19.8 Å². The molecule has 1 aromatic carbocycles. The standard InChI is InChI=1S/C16H17F3N4/c1-10-5-8-23(9-6-10)13-4-7-20-16(22-13)21-12-3-2-11(17)14(18)15(12)19/h2-4,7,10H,5-6,8-9H2,1H3,(H,20,21,22). The van der Waals surface area contributed by atoms with Crippen molar-refractivity contribution in [3.8, 4) is 0 Å². The second-order valence-electron chi connectivity index (χ2n) is 5.76. The van der Waals surface area contributed by atoms with Crippen LogP contribution < -0.4 is 10.2 Å². The van der Waals surface area contributed by atoms with Gasteiger partial charge in [0.15, 0.2) is 17.5 Å². The van der Waals surface area contributed by atoms with Crippen LogP contribution >= 0.6 is 0 Å². The number of benzene rings is 1. The number of anilines is 3. The monoisotopic (exact) mass is 322 g/mol. The number of nitrogens with zero attached hydrogens (tertiary/aromatic N) is 3. The second kappa shape index (κ2) is 6.44. The number of hydrogen-bond donors (Lipinski definition) is 1. The van der Waals surface area contributed by atoms with E-state index in [1.54, 1.807) is 12.3 Å². The highest BCUT2D eigenvalue weighted by Gasteiger charge is 2.18. The minimum Gasteiger partial charge on any atom is -0.356 e. The van der Waals surface area contributed by atoms with Gasteiger partial charge in [-0.15, -0.1) is 0 Å². The molecule has 1 saturated heterocycles. The van der Waals surface area contributed by atoms with Crippen molar-refractivity contribution in [1.29, 1.82) is 0 Å². The Labute approximate surface area is 132 Å². The van der Waals surface area contributed by atoms with Crippen molar-refractivity contribution in [3.05, 3.63) is 41.8 Å². The van der Waals surface area contributed by atoms with E-state index in [9.17, 15) is 13.2 Å². The normalized spacial score (nSPS) is 15.7. The number of piperidine rings is 1. The molecule has 0 saturated carbocycles. The van der Waals surface area contributed by atoms with Crippen LogP contribution in [0, 0.1) is 23.4 Å². The smallest absolute Gasteiger partial charge is 0.229 e. The Bertz CT molecular complexity index is 700. The SMILES string of the molecule is CC1CCN(c2ccnc(Nc3ccc(F)c(F)c3F)n2)CC1. The Morgan fingerprint density at radius 3 is 2.57 bits per heavy atom. The lowest BCUT2D eigenvalue weighted by molar-refractivity contribution is 0.436. The van der Waals surface area contributed by atoms with Crippen LogP contribution in [0.15, 0.2) is 24.4 Å². The van der Waals surface area contributed by atoms with Crippen LogP contribution in [0.3, 0.4) is 0 Å². The second-order valence-corrected chi connectivity index (χ2v) is 5.76. The Hall–Kier alpha value is -2.31. The molecule has 2 aromatic rings. The van der Waals surface area contributed by atoms with Gasteiger partial charge in [0.25, 0.3) is 0 Å². The predicted molar refractivity (Wildman–Crippen MR) is 82.2 cm³/mol. The maximum Gasteiger partial charge on any atom is 0.229 e. The Balaban J connectivity index is 1.79. The number of rotatable bonds is 3. The van der Waals surface area contributed by atoms with E-state index >= 15 is 0 Å². The highest BCUT2D eigenvalue weighted by molar-refractivity contribution is 5.56. The van der Waals surface area contributed by atoms with Gasteiger partial charge in [-0.05, 0) is 37.0 Å². The van der Waals surface area contributed by atoms with Crippen LogP contribution in [0.1, 0.15) is 19.8 Å². The van der Waals surface area contributed by atoms with Gasteiger partial charge in [-0.25, -0.2) is 18.2 Å². The van der Waals surface area contributed by atoms with E-state index < -0.39 is 17.5 Å². The lowest BCUT2D eigenvalue weighted by atomic mass is 9.99. The molecule has 7 heteroatoms. The molecule has 0 unspecified atom stereocenters. The Morgan fingerprint density at radius 1 is 1.09 bits per heavy atom. The molecule has 1 aliphatic rings. The molecule has 1 aliphatic heterocycles. The molecule has 0 bridgehead atoms. The van der Waals surface area contributed by atoms with E-state index in [0.29, 0.717) is 5.92 Å². The molecule has 4 nitrogen and oxygen atoms in total. The van der Waals surface area contributed by atoms with Gasteiger partial charge in [0.1, 0.15) is 5.82 Å². The van der Waals surface area contributed by atoms with Crippen molar-refractivity contribution in [3.63, 3.8) is 0 Å². The third kappa shape index (κ3) is 3.38. The predicted octanol–water partition coefficient (Wildman–Crippen LogP) is 3.87. The van der Waals surface area contributed by atoms with E-state index in [-0.39, 0.29) is 11.6 Å². The Kier molecular flexibility index (Phi) is 4.36. The van der Waals surface area contributed by atoms with Gasteiger partial charge in [-0.1, -0.05) is 6.92 Å². The lowest BCUT2D eigenvalue weighted by Crippen LogP contribution is -2.33. The fourth-order valence-electron chi connectivity index (χ4n) is 2.57. The van der Waals surface area contributed by atoms with Crippen molar-refractivity contribution in [2.75, 3.05) is 23.3 Å². The van der Waals surface area contributed by atoms with Crippen molar-refractivity contribution in [1.82, 2.24) is 9.97 Å². The van der Waals surface area contributed by atoms with Crippen molar-refractivity contribution in [2.24, 2.45) is 5.92 Å². The molecular weight excluding hydrogens is 305 g/mol. The number of nitrogens with one attached hydrogen (secondary N) is 1. The van der Waals surface area contributed by atoms with E-state index in [2.05, 4.69) is 27.1 Å². The third-order valence-electron chi connectivity index (χ3n) is 4.03. The first kappa shape index (κ1) is 15.6. The maximum absolute atomic E-state index is 13.7. The number of halogens is 3. The third-order valence-corrected chi connectivity index (χ3v) is 4.03. The quantitative estimate of drug-likeness (QED) is 0.871. The van der Waals surface area contributed by atoms with Crippen molar-refractivity contribution < 1.29 is 13.2 Å². The average molecular weight is 322 g/mol. The highest BCUT2D eigenvalue weighted by Crippen LogP contribution is 2.24. The average Bonchev–Trinajstić information content (AvgIpc) is 2.56. The fourth-order valence-corrected chi connectivity index (χ4v) is 2.57. The topological polar surface area (TPSA) is 41.1 Å². The van der Waals surface area contributed by atoms with Gasteiger partial charge < -0.3 is 10.2 Å². The summed E-state index contributed by atoms with van der Waals surface area (Å²) in [5.74, 6) is -2.46. The van der Waals surface area contributed by atoms with Gasteiger partial charge >= 0.3 is 0 Å². The summed E-state index contributed by atoms with van der Waals surface area (Å²) < 4.78 is 39.9. The molecule has 23 heavy (non-hydrogen) atoms. The van der Waals surface area contributed by atoms with Gasteiger partial charge in [-0.2, -0.15) is 4.98 Å². The van der Waals surface area contributed by atoms with Crippen LogP contribution in [0.25, 0.3) is 0 Å². The largest absolute Gasteiger partial charge is 0.356 e. The zero-order valence-electron chi connectivity index (χ0n) is 12.7. The summed E-state index contributed by atoms with van der Waals surface area (Å²) in [5, 5.41) is 2.60. The molecule has 122 valence electrons. The minimum absolute atomic E-state index is 0.144. The van der Waals surface area contributed by atoms with Crippen LogP contribution in [0.2, 0.25) is 0 Å². The molecule has 0 atom stereocenters. The van der Waals surface area contributed by atoms with Gasteiger partial charge in [0.2, 0.25) is 5.95 Å². The first-order valence-corrected chi connectivity index (χ1v) is 7.53. The fraction of sp³-hybridized carbons (Fsp3) is 0.375. The van der Waals surface area contributed by atoms with Crippen LogP contribution in [0.5, 0.6) is 0 Å². The summed E-state index contributed by atoms with van der Waals surface area (Å²) >= 11 is 0. The van der Waals surface area contributed by atoms with Crippen LogP contribution in [-0.2, 0) is 0 Å². The van der Waals surface area contributed by atoms with E-state index in [4.69, 9.17) is 0 Å². The van der Waals surface area contributed by atoms with Crippen LogP contribution in [0.4, 0.5) is 30.6 Å². The molecule has 2 heterocycles. The molecule has 0 radical (unpaired) electrons. The summed E-state index contributed by atoms with van der Waals surface area (Å²) in [4.78, 5) is 10.5. The summed E-state index contributed by atoms with van der Waals surface area (Å²) in [6, 6.07) is 3.76. The molecule has 0 amide bonds. The highest BCUT2D eigenvalue weighted by atomic mass is 19.2. The van der Waals surface area contributed by atoms with Gasteiger partial charge in [-0.3, -0.25) is 0 Å². The molecule has 3 rings (SSSR count). The zero-order chi connectivity index (χ0) is 16.4. The summed E-state index contributed by atoms with van der Waals surface area (Å²) in [5.41, 5.74) is -0.201. The minimum atomic E-state index is -1.52. The molecule has 0 aliphatic carbocycles. The van der Waals surface area contributed by atoms with E-state index in [1.165, 1.54) is 0 Å². The number of hydrogen-bond acceptors (Lipinski definition) is 4. The summed E-state index contributed by atoms with van der Waals surface area (Å²) in [7, 11) is 0. The maximum atomic E-state index is 13.7. The van der Waals surface area contributed by atoms with Crippen molar-refractivity contribution >= 4 is 17.5 Å². The number of aromatic nitrogens is 2. The molecule has 1 fully saturated rings. The molecule has 0 spiro atoms. The first-order valence-electron chi connectivity index (χ1n) is 7.53. The molecule has 1 N–H and O–H groups in total. The molecule has 1 aromatic heterocycles. The Morgan fingerprint density at radius 2 is 1.83 bits per heavy atom. The van der Waals surface area contributed by atoms with E-state index in [1.807, 2.05) is 0 Å². The van der Waals surface area contributed by atoms with Crippen LogP contribution in [-0.4, -0.2) is 23.1 Å². The zero-order valence-corrected chi connectivity index (χ0v) is 12.7. The summed E-state index contributed by atoms with van der Waals surface area (Å²) in [6.07, 6.45) is 3.73. The molecular formula is C16H17F3N4. The lowest BCUT2D eigenvalue weighted by Gasteiger charge is -2.31. The summed E-state index contributed by atoms with van der Waals surface area (Å²) in [6.45, 7) is 4.02. The first-order chi connectivity index (χ1) is 11.0. The van der Waals surface area contributed by atoms with Gasteiger partial charge in [0.05, 0.1) is 5.69 Å². The van der Waals surface area contributed by atoms with Gasteiger partial charge in [0, 0.05) is 19.3 Å². The van der Waals surface area contributed by atoms with E-state index in [0.717, 1.165) is 43.9 Å².